The number of hydrogen-bond acceptors (Lipinski definition) is 18. The number of carbonyl (C=O) groups excluding carboxylic acids is 1. The topological polar surface area (TPSA) is 307 Å². The number of allylic oxidation sites excluding steroid dienone is 24. The summed E-state index contributed by atoms with van der Waals surface area (Å²) in [5, 5.41) is 121. The van der Waals surface area contributed by atoms with Crippen LogP contribution in [0.2, 0.25) is 0 Å². The first kappa shape index (κ1) is 94.9. The van der Waals surface area contributed by atoms with Crippen LogP contribution in [-0.4, -0.2) is 193 Å². The first-order valence-corrected chi connectivity index (χ1v) is 40.6. The molecule has 3 aliphatic heterocycles. The van der Waals surface area contributed by atoms with Gasteiger partial charge in [-0.15, -0.1) is 0 Å². The van der Waals surface area contributed by atoms with Crippen molar-refractivity contribution in [3.8, 4) is 0 Å². The van der Waals surface area contributed by atoms with Gasteiger partial charge in [-0.3, -0.25) is 4.79 Å². The van der Waals surface area contributed by atoms with Gasteiger partial charge in [0.05, 0.1) is 38.6 Å². The Morgan fingerprint density at radius 1 is 0.352 bits per heavy atom. The molecule has 0 aromatic carbocycles. The molecular formula is C86H143NO18. The number of aliphatic hydroxyl groups is 11. The quantitative estimate of drug-likeness (QED) is 0.0199. The highest BCUT2D eigenvalue weighted by molar-refractivity contribution is 5.76. The van der Waals surface area contributed by atoms with E-state index < -0.39 is 124 Å². The van der Waals surface area contributed by atoms with Gasteiger partial charge < -0.3 is 89.9 Å². The van der Waals surface area contributed by atoms with E-state index in [0.29, 0.717) is 19.3 Å². The molecule has 12 N–H and O–H groups in total. The van der Waals surface area contributed by atoms with Crippen molar-refractivity contribution >= 4 is 5.91 Å². The molecule has 0 aliphatic carbocycles. The Bertz CT molecular complexity index is 2470. The van der Waals surface area contributed by atoms with Crippen LogP contribution in [-0.2, 0) is 33.2 Å². The van der Waals surface area contributed by atoms with Gasteiger partial charge in [0.25, 0.3) is 0 Å². The van der Waals surface area contributed by atoms with Gasteiger partial charge in [-0.05, 0) is 103 Å². The van der Waals surface area contributed by atoms with Gasteiger partial charge in [0.2, 0.25) is 5.91 Å². The smallest absolute Gasteiger partial charge is 0.220 e. The Morgan fingerprint density at radius 2 is 0.657 bits per heavy atom. The van der Waals surface area contributed by atoms with Gasteiger partial charge in [-0.1, -0.05) is 295 Å². The molecule has 19 nitrogen and oxygen atoms in total. The Labute approximate surface area is 632 Å². The van der Waals surface area contributed by atoms with Crippen LogP contribution in [0.15, 0.2) is 146 Å². The fourth-order valence-electron chi connectivity index (χ4n) is 12.7. The lowest BCUT2D eigenvalue weighted by Crippen LogP contribution is -2.66. The minimum atomic E-state index is -1.98. The molecule has 0 radical (unpaired) electrons. The van der Waals surface area contributed by atoms with Gasteiger partial charge >= 0.3 is 0 Å². The fraction of sp³-hybridized carbons (Fsp3) is 0.709. The number of nitrogens with one attached hydrogen (secondary N) is 1. The number of rotatable bonds is 62. The Morgan fingerprint density at radius 3 is 1.03 bits per heavy atom. The van der Waals surface area contributed by atoms with Crippen LogP contribution in [0.3, 0.4) is 0 Å². The Kier molecular flexibility index (Phi) is 58.3. The lowest BCUT2D eigenvalue weighted by atomic mass is 9.96. The van der Waals surface area contributed by atoms with Crippen molar-refractivity contribution in [2.24, 2.45) is 0 Å². The van der Waals surface area contributed by atoms with Crippen molar-refractivity contribution in [2.45, 2.75) is 362 Å². The first-order chi connectivity index (χ1) is 51.3. The maximum atomic E-state index is 13.5. The van der Waals surface area contributed by atoms with Crippen LogP contribution >= 0.6 is 0 Å². The van der Waals surface area contributed by atoms with Crippen molar-refractivity contribution < 1.29 is 89.4 Å². The van der Waals surface area contributed by atoms with E-state index >= 15 is 0 Å². The number of carbonyl (C=O) groups is 1. The summed E-state index contributed by atoms with van der Waals surface area (Å²) in [7, 11) is 0. The molecule has 600 valence electrons. The van der Waals surface area contributed by atoms with Gasteiger partial charge in [-0.25, -0.2) is 0 Å². The van der Waals surface area contributed by atoms with E-state index in [-0.39, 0.29) is 18.9 Å². The average molecular weight is 1480 g/mol. The number of aliphatic hydroxyl groups excluding tert-OH is 11. The molecular weight excluding hydrogens is 1330 g/mol. The van der Waals surface area contributed by atoms with Gasteiger partial charge in [0.15, 0.2) is 18.9 Å². The van der Waals surface area contributed by atoms with E-state index in [9.17, 15) is 61.0 Å². The predicted octanol–water partition coefficient (Wildman–Crippen LogP) is 13.8. The van der Waals surface area contributed by atoms with E-state index in [2.05, 4.69) is 165 Å². The van der Waals surface area contributed by atoms with Crippen LogP contribution in [0.25, 0.3) is 0 Å². The minimum absolute atomic E-state index is 0.228. The molecule has 0 aromatic rings. The standard InChI is InChI=1S/C86H143NO18/c1-3-5-7-9-11-13-15-17-19-21-23-24-25-26-27-28-29-30-31-32-33-34-35-36-37-38-39-40-41-42-43-44-46-48-50-52-54-56-58-60-62-64-74(92)87-69(70(91)63-61-59-57-55-53-51-49-47-45-22-20-18-16-14-12-10-8-6-4-2)68-100-84-80(98)77(95)82(72(66-89)102-84)105-86-81(99)78(96)83(73(67-90)103-86)104-85-79(97)76(94)75(93)71(65-88)101-85/h5,7,11,13,17,19,23-24,26-27,29-30,32-33,35-36,38-39,41-42,44,46,50,52,69-73,75-86,88-91,93-99H,3-4,6,8-10,12,14-16,18,20-22,25,28,31,34,37,40,43,45,47-49,51,53-68H2,1-2H3,(H,87,92)/b7-5-,13-11-,19-17-,24-23-,27-26-,30-29-,33-32-,36-35-,39-38-,42-41-,46-44-,52-50-. The van der Waals surface area contributed by atoms with Gasteiger partial charge in [0.1, 0.15) is 73.2 Å². The van der Waals surface area contributed by atoms with Crippen molar-refractivity contribution in [3.05, 3.63) is 146 Å². The second-order valence-electron chi connectivity index (χ2n) is 28.2. The normalized spacial score (nSPS) is 26.6. The molecule has 17 atom stereocenters. The van der Waals surface area contributed by atoms with E-state index in [1.165, 1.54) is 96.3 Å². The molecule has 0 bridgehead atoms. The maximum absolute atomic E-state index is 13.5. The van der Waals surface area contributed by atoms with Crippen molar-refractivity contribution in [1.29, 1.82) is 0 Å². The van der Waals surface area contributed by atoms with E-state index in [0.717, 1.165) is 122 Å². The molecule has 3 heterocycles. The molecule has 0 saturated carbocycles. The summed E-state index contributed by atoms with van der Waals surface area (Å²) in [6, 6.07) is -0.913. The van der Waals surface area contributed by atoms with Crippen LogP contribution in [0.5, 0.6) is 0 Å². The van der Waals surface area contributed by atoms with Crippen molar-refractivity contribution in [2.75, 3.05) is 26.4 Å². The fourth-order valence-corrected chi connectivity index (χ4v) is 12.7. The molecule has 0 aromatic heterocycles. The second-order valence-corrected chi connectivity index (χ2v) is 28.2. The highest BCUT2D eigenvalue weighted by Crippen LogP contribution is 2.33. The molecule has 105 heavy (non-hydrogen) atoms. The van der Waals surface area contributed by atoms with Crippen molar-refractivity contribution in [1.82, 2.24) is 5.32 Å². The zero-order valence-corrected chi connectivity index (χ0v) is 64.1. The summed E-state index contributed by atoms with van der Waals surface area (Å²) >= 11 is 0. The molecule has 3 saturated heterocycles. The zero-order chi connectivity index (χ0) is 76.0. The van der Waals surface area contributed by atoms with E-state index in [1.54, 1.807) is 0 Å². The van der Waals surface area contributed by atoms with Crippen molar-refractivity contribution in [3.63, 3.8) is 0 Å². The van der Waals surface area contributed by atoms with Gasteiger partial charge in [-0.2, -0.15) is 0 Å². The van der Waals surface area contributed by atoms with Crippen LogP contribution in [0.1, 0.15) is 258 Å². The van der Waals surface area contributed by atoms with E-state index in [4.69, 9.17) is 28.4 Å². The van der Waals surface area contributed by atoms with Crippen LogP contribution in [0.4, 0.5) is 0 Å². The summed E-state index contributed by atoms with van der Waals surface area (Å²) in [5.74, 6) is -0.271. The maximum Gasteiger partial charge on any atom is 0.220 e. The largest absolute Gasteiger partial charge is 0.394 e. The number of amides is 1. The van der Waals surface area contributed by atoms with Crippen LogP contribution < -0.4 is 5.32 Å². The molecule has 0 spiro atoms. The highest BCUT2D eigenvalue weighted by atomic mass is 16.8. The molecule has 3 rings (SSSR count). The Balaban J connectivity index is 1.36. The molecule has 1 amide bonds. The summed E-state index contributed by atoms with van der Waals surface area (Å²) in [6.45, 7) is 1.67. The molecule has 3 fully saturated rings. The third kappa shape index (κ3) is 44.2. The monoisotopic (exact) mass is 1480 g/mol. The van der Waals surface area contributed by atoms with Crippen LogP contribution in [0, 0.1) is 0 Å². The van der Waals surface area contributed by atoms with E-state index in [1.807, 2.05) is 0 Å². The Hall–Kier alpha value is -4.33. The molecule has 3 aliphatic rings. The number of ether oxygens (including phenoxy) is 6. The third-order valence-electron chi connectivity index (χ3n) is 19.2. The SMILES string of the molecule is CC/C=C\C/C=C\C/C=C\C/C=C\C/C=C\C/C=C\C/C=C\C/C=C\C/C=C\C/C=C\C/C=C\C/C=C\CCCCCCC(=O)NC(COC1OC(CO)C(OC2OC(CO)C(OC3OC(CO)C(O)C(O)C3O)C(O)C2O)C(O)C1O)C(O)CCCCCCCCCCCCCCCCCCCCC. The summed E-state index contributed by atoms with van der Waals surface area (Å²) in [4.78, 5) is 13.5. The number of hydrogen-bond donors (Lipinski definition) is 12. The van der Waals surface area contributed by atoms with Gasteiger partial charge in [0, 0.05) is 6.42 Å². The molecule has 17 unspecified atom stereocenters. The highest BCUT2D eigenvalue weighted by Gasteiger charge is 2.54. The second kappa shape index (κ2) is 64.5. The minimum Gasteiger partial charge on any atom is -0.394 e. The lowest BCUT2D eigenvalue weighted by Gasteiger charge is -2.48. The first-order valence-electron chi connectivity index (χ1n) is 40.6. The third-order valence-corrected chi connectivity index (χ3v) is 19.2. The summed E-state index contributed by atoms with van der Waals surface area (Å²) < 4.78 is 34.5. The lowest BCUT2D eigenvalue weighted by molar-refractivity contribution is -0.379. The predicted molar refractivity (Wildman–Crippen MR) is 419 cm³/mol. The summed E-state index contributed by atoms with van der Waals surface area (Å²) in [5.41, 5.74) is 0. The summed E-state index contributed by atoms with van der Waals surface area (Å²) in [6.07, 6.45) is 66.4. The average Bonchev–Trinajstić information content (AvgIpc) is 0.781. The molecule has 19 heteroatoms. The zero-order valence-electron chi connectivity index (χ0n) is 64.1. The number of unbranched alkanes of at least 4 members (excludes halogenated alkanes) is 22.